The van der Waals surface area contributed by atoms with Crippen LogP contribution < -0.4 is 5.32 Å². The minimum absolute atomic E-state index is 0.0421. The van der Waals surface area contributed by atoms with Crippen molar-refractivity contribution in [1.82, 2.24) is 9.80 Å². The van der Waals surface area contributed by atoms with Crippen molar-refractivity contribution in [2.75, 3.05) is 51.3 Å². The molecule has 0 bridgehead atoms. The van der Waals surface area contributed by atoms with Crippen LogP contribution in [0.15, 0.2) is 85.4 Å². The molecule has 5 nitrogen and oxygen atoms in total. The van der Waals surface area contributed by atoms with Gasteiger partial charge in [0, 0.05) is 44.3 Å². The van der Waals surface area contributed by atoms with E-state index in [1.54, 1.807) is 0 Å². The number of ether oxygens (including phenoxy) is 1. The van der Waals surface area contributed by atoms with Gasteiger partial charge >= 0.3 is 6.03 Å². The molecule has 3 aromatic rings. The van der Waals surface area contributed by atoms with Crippen LogP contribution in [0.1, 0.15) is 47.4 Å². The molecule has 1 aliphatic carbocycles. The Bertz CT molecular complexity index is 1170. The summed E-state index contributed by atoms with van der Waals surface area (Å²) >= 11 is 0. The van der Waals surface area contributed by atoms with Gasteiger partial charge in [0.15, 0.2) is 0 Å². The summed E-state index contributed by atoms with van der Waals surface area (Å²) in [5.41, 5.74) is 7.09. The second-order valence-corrected chi connectivity index (χ2v) is 10.4. The average Bonchev–Trinajstić information content (AvgIpc) is 2.97. The monoisotopic (exact) mass is 509 g/mol. The summed E-state index contributed by atoms with van der Waals surface area (Å²) in [6.45, 7) is 9.81. The largest absolute Gasteiger partial charge is 0.379 e. The Morgan fingerprint density at radius 2 is 1.61 bits per heavy atom. The lowest BCUT2D eigenvalue weighted by atomic mass is 9.88. The van der Waals surface area contributed by atoms with Gasteiger partial charge in [-0.05, 0) is 65.6 Å². The summed E-state index contributed by atoms with van der Waals surface area (Å²) < 4.78 is 5.52. The van der Waals surface area contributed by atoms with E-state index in [0.717, 1.165) is 64.2 Å². The summed E-state index contributed by atoms with van der Waals surface area (Å²) in [4.78, 5) is 18.0. The summed E-state index contributed by atoms with van der Waals surface area (Å²) in [6.07, 6.45) is 4.10. The minimum Gasteiger partial charge on any atom is -0.379 e. The Hall–Kier alpha value is -3.41. The molecule has 1 N–H and O–H groups in total. The van der Waals surface area contributed by atoms with Crippen LogP contribution in [0.25, 0.3) is 5.57 Å². The third-order valence-corrected chi connectivity index (χ3v) is 7.84. The highest BCUT2D eigenvalue weighted by atomic mass is 16.5. The number of carbonyl (C=O) groups excluding carboxylic acids is 1. The van der Waals surface area contributed by atoms with Gasteiger partial charge < -0.3 is 15.0 Å². The molecular formula is C33H39N3O2. The predicted octanol–water partition coefficient (Wildman–Crippen LogP) is 6.42. The molecule has 1 fully saturated rings. The van der Waals surface area contributed by atoms with Crippen LogP contribution in [0, 0.1) is 0 Å². The first kappa shape index (κ1) is 26.2. The van der Waals surface area contributed by atoms with E-state index in [9.17, 15) is 4.79 Å². The molecule has 3 aromatic carbocycles. The molecular weight excluding hydrogens is 470 g/mol. The molecule has 0 saturated carbocycles. The molecule has 5 rings (SSSR count). The number of anilines is 1. The molecule has 0 radical (unpaired) electrons. The van der Waals surface area contributed by atoms with Gasteiger partial charge in [-0.2, -0.15) is 0 Å². The van der Waals surface area contributed by atoms with E-state index in [4.69, 9.17) is 4.74 Å². The average molecular weight is 510 g/mol. The zero-order valence-corrected chi connectivity index (χ0v) is 22.3. The first-order chi connectivity index (χ1) is 18.7. The van der Waals surface area contributed by atoms with Gasteiger partial charge in [-0.1, -0.05) is 73.3 Å². The second-order valence-electron chi connectivity index (χ2n) is 10.4. The number of aryl methyl sites for hydroxylation is 1. The number of hydrogen-bond donors (Lipinski definition) is 1. The zero-order valence-electron chi connectivity index (χ0n) is 22.3. The van der Waals surface area contributed by atoms with Gasteiger partial charge in [0.25, 0.3) is 0 Å². The molecule has 198 valence electrons. The molecule has 1 saturated heterocycles. The van der Waals surface area contributed by atoms with E-state index in [2.05, 4.69) is 89.6 Å². The maximum absolute atomic E-state index is 13.7. The number of rotatable bonds is 9. The van der Waals surface area contributed by atoms with Crippen molar-refractivity contribution in [2.45, 2.75) is 31.6 Å². The van der Waals surface area contributed by atoms with Crippen LogP contribution in [0.3, 0.4) is 0 Å². The third kappa shape index (κ3) is 6.72. The lowest BCUT2D eigenvalue weighted by Gasteiger charge is -2.31. The van der Waals surface area contributed by atoms with Gasteiger partial charge in [0.2, 0.25) is 0 Å². The SMILES string of the molecule is C=C1CCCc2ccc(NC(=O)N(CCC(c3ccccc3)c3ccccc3)CCN3CCOCC3)cc21. The van der Waals surface area contributed by atoms with Crippen LogP contribution >= 0.6 is 0 Å². The lowest BCUT2D eigenvalue weighted by Crippen LogP contribution is -2.44. The Morgan fingerprint density at radius 3 is 2.29 bits per heavy atom. The highest BCUT2D eigenvalue weighted by molar-refractivity contribution is 5.90. The third-order valence-electron chi connectivity index (χ3n) is 7.84. The fraction of sp³-hybridized carbons (Fsp3) is 0.364. The molecule has 2 amide bonds. The highest BCUT2D eigenvalue weighted by Crippen LogP contribution is 2.32. The van der Waals surface area contributed by atoms with Gasteiger partial charge in [0.05, 0.1) is 13.2 Å². The van der Waals surface area contributed by atoms with Crippen LogP contribution in [-0.4, -0.2) is 61.8 Å². The van der Waals surface area contributed by atoms with Crippen molar-refractivity contribution in [3.63, 3.8) is 0 Å². The molecule has 1 heterocycles. The van der Waals surface area contributed by atoms with Crippen LogP contribution in [0.4, 0.5) is 10.5 Å². The number of nitrogens with zero attached hydrogens (tertiary/aromatic N) is 2. The Kier molecular flexibility index (Phi) is 8.90. The number of urea groups is 1. The Labute approximate surface area is 227 Å². The molecule has 0 spiro atoms. The Balaban J connectivity index is 1.32. The number of hydrogen-bond acceptors (Lipinski definition) is 3. The van der Waals surface area contributed by atoms with E-state index in [1.165, 1.54) is 27.8 Å². The van der Waals surface area contributed by atoms with Crippen LogP contribution in [-0.2, 0) is 11.2 Å². The Morgan fingerprint density at radius 1 is 0.921 bits per heavy atom. The first-order valence-corrected chi connectivity index (χ1v) is 13.9. The van der Waals surface area contributed by atoms with Crippen molar-refractivity contribution < 1.29 is 9.53 Å². The van der Waals surface area contributed by atoms with E-state index >= 15 is 0 Å². The van der Waals surface area contributed by atoms with Crippen molar-refractivity contribution in [2.24, 2.45) is 0 Å². The standard InChI is InChI=1S/C33H39N3O2/c1-26-9-8-14-29-15-16-30(25-32(26)29)34-33(37)36(20-19-35-21-23-38-24-22-35)18-17-31(27-10-4-2-5-11-27)28-12-6-3-7-13-28/h2-7,10-13,15-16,25,31H,1,8-9,14,17-24H2,(H,34,37). The van der Waals surface area contributed by atoms with Crippen molar-refractivity contribution in [3.05, 3.63) is 108 Å². The number of morpholine rings is 1. The highest BCUT2D eigenvalue weighted by Gasteiger charge is 2.21. The van der Waals surface area contributed by atoms with Crippen LogP contribution in [0.5, 0.6) is 0 Å². The molecule has 0 unspecified atom stereocenters. The molecule has 1 aliphatic heterocycles. The summed E-state index contributed by atoms with van der Waals surface area (Å²) in [6, 6.07) is 27.5. The van der Waals surface area contributed by atoms with Crippen molar-refractivity contribution in [1.29, 1.82) is 0 Å². The number of allylic oxidation sites excluding steroid dienone is 1. The van der Waals surface area contributed by atoms with Crippen molar-refractivity contribution in [3.8, 4) is 0 Å². The second kappa shape index (κ2) is 12.9. The molecule has 38 heavy (non-hydrogen) atoms. The van der Waals surface area contributed by atoms with E-state index < -0.39 is 0 Å². The summed E-state index contributed by atoms with van der Waals surface area (Å²) in [5.74, 6) is 0.225. The van der Waals surface area contributed by atoms with Gasteiger partial charge in [-0.3, -0.25) is 4.90 Å². The fourth-order valence-electron chi connectivity index (χ4n) is 5.61. The van der Waals surface area contributed by atoms with Gasteiger partial charge in [0.1, 0.15) is 0 Å². The zero-order chi connectivity index (χ0) is 26.2. The summed E-state index contributed by atoms with van der Waals surface area (Å²) in [5, 5.41) is 3.21. The maximum atomic E-state index is 13.7. The maximum Gasteiger partial charge on any atom is 0.321 e. The number of benzene rings is 3. The number of carbonyl (C=O) groups is 1. The number of fused-ring (bicyclic) bond motifs is 1. The van der Waals surface area contributed by atoms with Crippen molar-refractivity contribution >= 4 is 17.3 Å². The van der Waals surface area contributed by atoms with Crippen LogP contribution in [0.2, 0.25) is 0 Å². The number of nitrogens with one attached hydrogen (secondary N) is 1. The first-order valence-electron chi connectivity index (χ1n) is 13.9. The van der Waals surface area contributed by atoms with E-state index in [0.29, 0.717) is 13.1 Å². The van der Waals surface area contributed by atoms with Gasteiger partial charge in [-0.25, -0.2) is 4.79 Å². The van der Waals surface area contributed by atoms with E-state index in [1.807, 2.05) is 11.0 Å². The molecule has 5 heteroatoms. The molecule has 0 aromatic heterocycles. The smallest absolute Gasteiger partial charge is 0.321 e. The molecule has 2 aliphatic rings. The minimum atomic E-state index is -0.0421. The van der Waals surface area contributed by atoms with Gasteiger partial charge in [-0.15, -0.1) is 0 Å². The number of amides is 2. The lowest BCUT2D eigenvalue weighted by molar-refractivity contribution is 0.0351. The molecule has 0 atom stereocenters. The predicted molar refractivity (Wildman–Crippen MR) is 156 cm³/mol. The normalized spacial score (nSPS) is 15.8. The van der Waals surface area contributed by atoms with E-state index in [-0.39, 0.29) is 11.9 Å². The topological polar surface area (TPSA) is 44.8 Å². The fourth-order valence-corrected chi connectivity index (χ4v) is 5.61. The quantitative estimate of drug-likeness (QED) is 0.362. The summed E-state index contributed by atoms with van der Waals surface area (Å²) in [7, 11) is 0.